The van der Waals surface area contributed by atoms with Crippen LogP contribution in [-0.2, 0) is 0 Å². The summed E-state index contributed by atoms with van der Waals surface area (Å²) in [6, 6.07) is 6.91. The molecule has 1 aromatic carbocycles. The zero-order chi connectivity index (χ0) is 11.8. The molecule has 1 saturated carbocycles. The molecule has 1 aliphatic rings. The SMILES string of the molecule is Cc1cn(C2CC2)c(Nc2ccc(F)cc2)n1. The zero-order valence-electron chi connectivity index (χ0n) is 9.65. The highest BCUT2D eigenvalue weighted by Crippen LogP contribution is 2.37. The van der Waals surface area contributed by atoms with Crippen LogP contribution in [0.5, 0.6) is 0 Å². The van der Waals surface area contributed by atoms with Gasteiger partial charge in [0, 0.05) is 17.9 Å². The lowest BCUT2D eigenvalue weighted by molar-refractivity contribution is 0.628. The van der Waals surface area contributed by atoms with Crippen molar-refractivity contribution in [3.8, 4) is 0 Å². The van der Waals surface area contributed by atoms with Crippen LogP contribution in [0.4, 0.5) is 16.0 Å². The highest BCUT2D eigenvalue weighted by atomic mass is 19.1. The van der Waals surface area contributed by atoms with E-state index in [4.69, 9.17) is 0 Å². The van der Waals surface area contributed by atoms with Crippen LogP contribution in [0.25, 0.3) is 0 Å². The molecule has 0 atom stereocenters. The van der Waals surface area contributed by atoms with Gasteiger partial charge in [-0.3, -0.25) is 0 Å². The number of nitrogens with one attached hydrogen (secondary N) is 1. The number of nitrogens with zero attached hydrogens (tertiary/aromatic N) is 2. The van der Waals surface area contributed by atoms with Crippen molar-refractivity contribution in [1.82, 2.24) is 9.55 Å². The van der Waals surface area contributed by atoms with Gasteiger partial charge < -0.3 is 9.88 Å². The molecule has 4 heteroatoms. The van der Waals surface area contributed by atoms with Gasteiger partial charge in [-0.25, -0.2) is 9.37 Å². The normalized spacial score (nSPS) is 14.9. The largest absolute Gasteiger partial charge is 0.326 e. The van der Waals surface area contributed by atoms with Crippen molar-refractivity contribution in [3.05, 3.63) is 42.0 Å². The average Bonchev–Trinajstić information content (AvgIpc) is 3.07. The lowest BCUT2D eigenvalue weighted by Crippen LogP contribution is -2.01. The van der Waals surface area contributed by atoms with Crippen molar-refractivity contribution in [3.63, 3.8) is 0 Å². The Morgan fingerprint density at radius 2 is 2.00 bits per heavy atom. The topological polar surface area (TPSA) is 29.9 Å². The molecule has 1 aromatic heterocycles. The summed E-state index contributed by atoms with van der Waals surface area (Å²) < 4.78 is 15.0. The third-order valence-electron chi connectivity index (χ3n) is 2.89. The van der Waals surface area contributed by atoms with Gasteiger partial charge in [-0.05, 0) is 44.0 Å². The van der Waals surface area contributed by atoms with E-state index in [-0.39, 0.29) is 5.82 Å². The summed E-state index contributed by atoms with van der Waals surface area (Å²) in [5, 5.41) is 3.23. The molecule has 3 nitrogen and oxygen atoms in total. The van der Waals surface area contributed by atoms with Crippen molar-refractivity contribution in [2.45, 2.75) is 25.8 Å². The Morgan fingerprint density at radius 1 is 1.29 bits per heavy atom. The van der Waals surface area contributed by atoms with Gasteiger partial charge in [0.05, 0.1) is 5.69 Å². The summed E-state index contributed by atoms with van der Waals surface area (Å²) in [5.74, 6) is 0.619. The smallest absolute Gasteiger partial charge is 0.207 e. The summed E-state index contributed by atoms with van der Waals surface area (Å²) in [4.78, 5) is 4.45. The molecule has 0 unspecified atom stereocenters. The summed E-state index contributed by atoms with van der Waals surface area (Å²) in [6.07, 6.45) is 4.49. The van der Waals surface area contributed by atoms with Crippen LogP contribution < -0.4 is 5.32 Å². The van der Waals surface area contributed by atoms with Crippen LogP contribution in [0, 0.1) is 12.7 Å². The van der Waals surface area contributed by atoms with E-state index in [1.54, 1.807) is 12.1 Å². The first-order valence-corrected chi connectivity index (χ1v) is 5.80. The highest BCUT2D eigenvalue weighted by molar-refractivity contribution is 5.54. The molecule has 2 aromatic rings. The van der Waals surface area contributed by atoms with Gasteiger partial charge in [0.2, 0.25) is 5.95 Å². The summed E-state index contributed by atoms with van der Waals surface area (Å²) in [7, 11) is 0. The molecular formula is C13H14FN3. The summed E-state index contributed by atoms with van der Waals surface area (Å²) in [5.41, 5.74) is 1.86. The second-order valence-electron chi connectivity index (χ2n) is 4.48. The minimum Gasteiger partial charge on any atom is -0.326 e. The quantitative estimate of drug-likeness (QED) is 0.877. The monoisotopic (exact) mass is 231 g/mol. The number of aryl methyl sites for hydroxylation is 1. The van der Waals surface area contributed by atoms with Crippen molar-refractivity contribution in [2.24, 2.45) is 0 Å². The lowest BCUT2D eigenvalue weighted by atomic mass is 10.3. The fourth-order valence-electron chi connectivity index (χ4n) is 1.90. The molecule has 1 aliphatic carbocycles. The minimum atomic E-state index is -0.225. The molecule has 0 radical (unpaired) electrons. The van der Waals surface area contributed by atoms with E-state index in [0.29, 0.717) is 6.04 Å². The maximum Gasteiger partial charge on any atom is 0.207 e. The highest BCUT2D eigenvalue weighted by Gasteiger charge is 2.26. The predicted octanol–water partition coefficient (Wildman–Crippen LogP) is 3.41. The van der Waals surface area contributed by atoms with E-state index in [9.17, 15) is 4.39 Å². The third kappa shape index (κ3) is 2.16. The molecule has 1 heterocycles. The molecular weight excluding hydrogens is 217 g/mol. The number of hydrogen-bond acceptors (Lipinski definition) is 2. The molecule has 0 bridgehead atoms. The standard InChI is InChI=1S/C13H14FN3/c1-9-8-17(12-6-7-12)13(15-9)16-11-4-2-10(14)3-5-11/h2-5,8,12H,6-7H2,1H3,(H,15,16). The Morgan fingerprint density at radius 3 is 2.65 bits per heavy atom. The molecule has 3 rings (SSSR count). The molecule has 0 saturated heterocycles. The number of halogens is 1. The lowest BCUT2D eigenvalue weighted by Gasteiger charge is -2.08. The van der Waals surface area contributed by atoms with Gasteiger partial charge >= 0.3 is 0 Å². The van der Waals surface area contributed by atoms with Gasteiger partial charge in [-0.1, -0.05) is 0 Å². The predicted molar refractivity (Wildman–Crippen MR) is 64.9 cm³/mol. The maximum atomic E-state index is 12.8. The Labute approximate surface area is 99.3 Å². The fourth-order valence-corrected chi connectivity index (χ4v) is 1.90. The summed E-state index contributed by atoms with van der Waals surface area (Å²) >= 11 is 0. The van der Waals surface area contributed by atoms with Crippen LogP contribution in [-0.4, -0.2) is 9.55 Å². The van der Waals surface area contributed by atoms with Gasteiger partial charge in [0.1, 0.15) is 5.82 Å². The van der Waals surface area contributed by atoms with E-state index < -0.39 is 0 Å². The fraction of sp³-hybridized carbons (Fsp3) is 0.308. The Balaban J connectivity index is 1.86. The number of anilines is 2. The van der Waals surface area contributed by atoms with E-state index in [2.05, 4.69) is 21.1 Å². The number of imidazole rings is 1. The Bertz CT molecular complexity index is 526. The van der Waals surface area contributed by atoms with E-state index in [0.717, 1.165) is 17.3 Å². The van der Waals surface area contributed by atoms with Gasteiger partial charge in [0.15, 0.2) is 0 Å². The van der Waals surface area contributed by atoms with Crippen molar-refractivity contribution >= 4 is 11.6 Å². The Kier molecular flexibility index (Phi) is 2.35. The first-order chi connectivity index (χ1) is 8.22. The van der Waals surface area contributed by atoms with E-state index in [1.165, 1.54) is 25.0 Å². The number of aromatic nitrogens is 2. The minimum absolute atomic E-state index is 0.225. The van der Waals surface area contributed by atoms with Crippen molar-refractivity contribution in [2.75, 3.05) is 5.32 Å². The van der Waals surface area contributed by atoms with Gasteiger partial charge in [0.25, 0.3) is 0 Å². The van der Waals surface area contributed by atoms with Gasteiger partial charge in [-0.2, -0.15) is 0 Å². The molecule has 0 amide bonds. The zero-order valence-corrected chi connectivity index (χ0v) is 9.65. The van der Waals surface area contributed by atoms with E-state index in [1.807, 2.05) is 6.92 Å². The molecule has 0 aliphatic heterocycles. The Hall–Kier alpha value is -1.84. The van der Waals surface area contributed by atoms with Crippen LogP contribution in [0.2, 0.25) is 0 Å². The number of rotatable bonds is 3. The molecule has 1 N–H and O–H groups in total. The third-order valence-corrected chi connectivity index (χ3v) is 2.89. The molecule has 1 fully saturated rings. The first-order valence-electron chi connectivity index (χ1n) is 5.80. The first kappa shape index (κ1) is 10.3. The van der Waals surface area contributed by atoms with Crippen molar-refractivity contribution < 1.29 is 4.39 Å². The molecule has 0 spiro atoms. The van der Waals surface area contributed by atoms with Crippen LogP contribution in [0.15, 0.2) is 30.5 Å². The number of hydrogen-bond donors (Lipinski definition) is 1. The van der Waals surface area contributed by atoms with Crippen LogP contribution in [0.3, 0.4) is 0 Å². The van der Waals surface area contributed by atoms with Gasteiger partial charge in [-0.15, -0.1) is 0 Å². The average molecular weight is 231 g/mol. The summed E-state index contributed by atoms with van der Waals surface area (Å²) in [6.45, 7) is 1.98. The van der Waals surface area contributed by atoms with E-state index >= 15 is 0 Å². The van der Waals surface area contributed by atoms with Crippen LogP contribution >= 0.6 is 0 Å². The van der Waals surface area contributed by atoms with Crippen molar-refractivity contribution in [1.29, 1.82) is 0 Å². The van der Waals surface area contributed by atoms with Crippen LogP contribution in [0.1, 0.15) is 24.6 Å². The molecule has 88 valence electrons. The number of benzene rings is 1. The molecule has 17 heavy (non-hydrogen) atoms. The maximum absolute atomic E-state index is 12.8. The second-order valence-corrected chi connectivity index (χ2v) is 4.48. The second kappa shape index (κ2) is 3.87.